The van der Waals surface area contributed by atoms with Gasteiger partial charge in [0.25, 0.3) is 0 Å². The van der Waals surface area contributed by atoms with Crippen molar-refractivity contribution in [3.63, 3.8) is 0 Å². The summed E-state index contributed by atoms with van der Waals surface area (Å²) in [5.41, 5.74) is 1.91. The molecule has 0 spiro atoms. The summed E-state index contributed by atoms with van der Waals surface area (Å²) in [5, 5.41) is 9.12. The minimum atomic E-state index is -4.82. The van der Waals surface area contributed by atoms with Gasteiger partial charge in [-0.1, -0.05) is 31.9 Å². The first-order valence-electron chi connectivity index (χ1n) is 12.2. The number of carbonyl (C=O) groups is 1. The molecule has 0 N–H and O–H groups in total. The van der Waals surface area contributed by atoms with Crippen molar-refractivity contribution < 1.29 is 27.1 Å². The summed E-state index contributed by atoms with van der Waals surface area (Å²) in [5.74, 6) is -1.18. The van der Waals surface area contributed by atoms with Gasteiger partial charge in [-0.05, 0) is 36.2 Å². The highest BCUT2D eigenvalue weighted by molar-refractivity contribution is 5.95. The van der Waals surface area contributed by atoms with E-state index in [-0.39, 0.29) is 29.8 Å². The third kappa shape index (κ3) is 6.69. The third-order valence-corrected chi connectivity index (χ3v) is 6.47. The highest BCUT2D eigenvalue weighted by Crippen LogP contribution is 2.29. The molecule has 38 heavy (non-hydrogen) atoms. The van der Waals surface area contributed by atoms with Crippen LogP contribution in [-0.4, -0.2) is 45.9 Å². The molecule has 1 unspecified atom stereocenters. The lowest BCUT2D eigenvalue weighted by atomic mass is 10.0. The van der Waals surface area contributed by atoms with Crippen LogP contribution in [0.4, 0.5) is 23.2 Å². The molecule has 0 bridgehead atoms. The van der Waals surface area contributed by atoms with Crippen LogP contribution in [0.15, 0.2) is 55.0 Å². The fourth-order valence-corrected chi connectivity index (χ4v) is 4.60. The standard InChI is InChI=1S/C27H27F4N5O2/c1-2-3-5-22-16-36(21-6-4-7-24(11-21)38-27(29,30)31)26(37)17-34(22)15-23-13-33-18-35(23)14-19-8-9-25(28)20(10-19)12-32/h4,6-11,13,18,22H,2-3,5,14-17H2,1H3. The molecule has 0 saturated carbocycles. The Kier molecular flexibility index (Phi) is 8.32. The molecule has 3 aromatic rings. The summed E-state index contributed by atoms with van der Waals surface area (Å²) in [6.07, 6.45) is 1.22. The van der Waals surface area contributed by atoms with E-state index >= 15 is 0 Å². The molecule has 7 nitrogen and oxygen atoms in total. The lowest BCUT2D eigenvalue weighted by Gasteiger charge is -2.41. The zero-order chi connectivity index (χ0) is 27.3. The number of ether oxygens (including phenoxy) is 1. The van der Waals surface area contributed by atoms with Gasteiger partial charge in [0.05, 0.1) is 24.1 Å². The first-order valence-corrected chi connectivity index (χ1v) is 12.2. The minimum Gasteiger partial charge on any atom is -0.406 e. The Morgan fingerprint density at radius 1 is 1.18 bits per heavy atom. The second-order valence-electron chi connectivity index (χ2n) is 9.19. The van der Waals surface area contributed by atoms with Crippen LogP contribution in [-0.2, 0) is 17.9 Å². The molecule has 4 rings (SSSR count). The Labute approximate surface area is 217 Å². The first kappa shape index (κ1) is 27.1. The topological polar surface area (TPSA) is 74.4 Å². The van der Waals surface area contributed by atoms with Gasteiger partial charge in [-0.2, -0.15) is 5.26 Å². The summed E-state index contributed by atoms with van der Waals surface area (Å²) in [4.78, 5) is 21.0. The van der Waals surface area contributed by atoms with E-state index in [0.717, 1.165) is 30.5 Å². The van der Waals surface area contributed by atoms with Crippen LogP contribution < -0.4 is 9.64 Å². The molecule has 11 heteroatoms. The van der Waals surface area contributed by atoms with Crippen molar-refractivity contribution in [3.05, 3.63) is 77.6 Å². The van der Waals surface area contributed by atoms with E-state index in [4.69, 9.17) is 5.26 Å². The van der Waals surface area contributed by atoms with E-state index in [1.54, 1.807) is 24.7 Å². The number of benzene rings is 2. The monoisotopic (exact) mass is 529 g/mol. The Balaban J connectivity index is 1.52. The van der Waals surface area contributed by atoms with Gasteiger partial charge in [0.15, 0.2) is 0 Å². The molecule has 1 aromatic heterocycles. The number of piperazine rings is 1. The molecular weight excluding hydrogens is 502 g/mol. The second kappa shape index (κ2) is 11.6. The van der Waals surface area contributed by atoms with E-state index in [0.29, 0.717) is 25.3 Å². The number of imidazole rings is 1. The van der Waals surface area contributed by atoms with Gasteiger partial charge in [-0.3, -0.25) is 9.69 Å². The maximum atomic E-state index is 13.7. The maximum absolute atomic E-state index is 13.7. The van der Waals surface area contributed by atoms with Crippen molar-refractivity contribution >= 4 is 11.6 Å². The number of hydrogen-bond acceptors (Lipinski definition) is 5. The van der Waals surface area contributed by atoms with Gasteiger partial charge in [-0.25, -0.2) is 9.37 Å². The smallest absolute Gasteiger partial charge is 0.406 e. The SMILES string of the molecule is CCCCC1CN(c2cccc(OC(F)(F)F)c2)C(=O)CN1Cc1cncn1Cc1ccc(F)c(C#N)c1. The number of nitriles is 1. The zero-order valence-corrected chi connectivity index (χ0v) is 20.8. The molecule has 1 aliphatic heterocycles. The van der Waals surface area contributed by atoms with Crippen LogP contribution in [0.1, 0.15) is 43.0 Å². The predicted molar refractivity (Wildman–Crippen MR) is 132 cm³/mol. The number of nitrogens with zero attached hydrogens (tertiary/aromatic N) is 5. The van der Waals surface area contributed by atoms with Crippen LogP contribution in [0, 0.1) is 17.1 Å². The van der Waals surface area contributed by atoms with Gasteiger partial charge in [0.1, 0.15) is 17.6 Å². The van der Waals surface area contributed by atoms with Crippen molar-refractivity contribution in [2.24, 2.45) is 0 Å². The van der Waals surface area contributed by atoms with Gasteiger partial charge < -0.3 is 14.2 Å². The number of halogens is 4. The average Bonchev–Trinajstić information content (AvgIpc) is 3.30. The summed E-state index contributed by atoms with van der Waals surface area (Å²) < 4.78 is 57.8. The van der Waals surface area contributed by atoms with Crippen molar-refractivity contribution in [1.82, 2.24) is 14.5 Å². The van der Waals surface area contributed by atoms with Crippen LogP contribution in [0.3, 0.4) is 0 Å². The summed E-state index contributed by atoms with van der Waals surface area (Å²) in [6, 6.07) is 11.7. The number of anilines is 1. The van der Waals surface area contributed by atoms with E-state index < -0.39 is 12.2 Å². The molecule has 1 amide bonds. The molecule has 2 heterocycles. The second-order valence-corrected chi connectivity index (χ2v) is 9.19. The highest BCUT2D eigenvalue weighted by atomic mass is 19.4. The lowest BCUT2D eigenvalue weighted by molar-refractivity contribution is -0.274. The lowest BCUT2D eigenvalue weighted by Crippen LogP contribution is -2.56. The number of unbranched alkanes of at least 4 members (excludes halogenated alkanes) is 1. The third-order valence-electron chi connectivity index (χ3n) is 6.47. The minimum absolute atomic E-state index is 0.0285. The fourth-order valence-electron chi connectivity index (χ4n) is 4.60. The Morgan fingerprint density at radius 2 is 2.00 bits per heavy atom. The fraction of sp³-hybridized carbons (Fsp3) is 0.370. The zero-order valence-electron chi connectivity index (χ0n) is 20.8. The van der Waals surface area contributed by atoms with Crippen molar-refractivity contribution in [3.8, 4) is 11.8 Å². The van der Waals surface area contributed by atoms with Gasteiger partial charge in [0, 0.05) is 43.6 Å². The number of carbonyl (C=O) groups excluding carboxylic acids is 1. The molecule has 1 aliphatic rings. The van der Waals surface area contributed by atoms with Crippen molar-refractivity contribution in [2.75, 3.05) is 18.0 Å². The summed E-state index contributed by atoms with van der Waals surface area (Å²) >= 11 is 0. The first-order chi connectivity index (χ1) is 18.2. The van der Waals surface area contributed by atoms with E-state index in [9.17, 15) is 22.4 Å². The van der Waals surface area contributed by atoms with E-state index in [1.165, 1.54) is 35.2 Å². The van der Waals surface area contributed by atoms with Crippen molar-refractivity contribution in [1.29, 1.82) is 5.26 Å². The van der Waals surface area contributed by atoms with E-state index in [1.807, 2.05) is 10.6 Å². The summed E-state index contributed by atoms with van der Waals surface area (Å²) in [7, 11) is 0. The highest BCUT2D eigenvalue weighted by Gasteiger charge is 2.34. The Bertz CT molecular complexity index is 1320. The van der Waals surface area contributed by atoms with Gasteiger partial charge in [0.2, 0.25) is 5.91 Å². The molecule has 1 saturated heterocycles. The number of alkyl halides is 3. The maximum Gasteiger partial charge on any atom is 0.573 e. The number of aromatic nitrogens is 2. The molecule has 2 aromatic carbocycles. The van der Waals surface area contributed by atoms with Gasteiger partial charge in [-0.15, -0.1) is 13.2 Å². The molecule has 0 aliphatic carbocycles. The Morgan fingerprint density at radius 3 is 2.74 bits per heavy atom. The number of rotatable bonds is 9. The van der Waals surface area contributed by atoms with Crippen LogP contribution in [0.5, 0.6) is 5.75 Å². The number of hydrogen-bond donors (Lipinski definition) is 0. The normalized spacial score (nSPS) is 16.5. The molecular formula is C27H27F4N5O2. The number of amides is 1. The van der Waals surface area contributed by atoms with E-state index in [2.05, 4.69) is 21.5 Å². The van der Waals surface area contributed by atoms with Crippen molar-refractivity contribution in [2.45, 2.75) is 51.7 Å². The average molecular weight is 530 g/mol. The van der Waals surface area contributed by atoms with Gasteiger partial charge >= 0.3 is 6.36 Å². The molecule has 1 fully saturated rings. The molecule has 0 radical (unpaired) electrons. The summed E-state index contributed by atoms with van der Waals surface area (Å²) in [6.45, 7) is 3.29. The van der Waals surface area contributed by atoms with Crippen LogP contribution >= 0.6 is 0 Å². The van der Waals surface area contributed by atoms with Crippen LogP contribution in [0.25, 0.3) is 0 Å². The predicted octanol–water partition coefficient (Wildman–Crippen LogP) is 5.25. The molecule has 200 valence electrons. The largest absolute Gasteiger partial charge is 0.573 e. The van der Waals surface area contributed by atoms with Crippen LogP contribution in [0.2, 0.25) is 0 Å². The quantitative estimate of drug-likeness (QED) is 0.354. The molecule has 1 atom stereocenters. The Hall–Kier alpha value is -3.91.